The summed E-state index contributed by atoms with van der Waals surface area (Å²) in [6.07, 6.45) is 7.17. The molecule has 0 heterocycles. The zero-order valence-electron chi connectivity index (χ0n) is 18.5. The van der Waals surface area contributed by atoms with Crippen LogP contribution in [0, 0.1) is 5.92 Å². The summed E-state index contributed by atoms with van der Waals surface area (Å²) in [7, 11) is 0. The van der Waals surface area contributed by atoms with Gasteiger partial charge in [0.25, 0.3) is 0 Å². The number of hydrogen-bond donors (Lipinski definition) is 2. The summed E-state index contributed by atoms with van der Waals surface area (Å²) in [6.45, 7) is 3.18. The zero-order valence-corrected chi connectivity index (χ0v) is 18.5. The number of fused-ring (bicyclic) bond motifs is 3. The van der Waals surface area contributed by atoms with Gasteiger partial charge < -0.3 is 14.9 Å². The lowest BCUT2D eigenvalue weighted by Crippen LogP contribution is -2.51. The number of rotatable bonds is 7. The molecule has 0 aromatic heterocycles. The molecule has 166 valence electrons. The molecule has 2 aromatic carbocycles. The van der Waals surface area contributed by atoms with Gasteiger partial charge in [-0.1, -0.05) is 43.3 Å². The molecule has 0 saturated heterocycles. The minimum Gasteiger partial charge on any atom is -0.478 e. The van der Waals surface area contributed by atoms with Crippen molar-refractivity contribution in [2.45, 2.75) is 69.3 Å². The first-order valence-corrected chi connectivity index (χ1v) is 11.7. The van der Waals surface area contributed by atoms with E-state index < -0.39 is 11.6 Å². The molecule has 4 heteroatoms. The van der Waals surface area contributed by atoms with Crippen molar-refractivity contribution in [3.63, 3.8) is 0 Å². The maximum atomic E-state index is 11.6. The average Bonchev–Trinajstić information content (AvgIpc) is 2.91. The Morgan fingerprint density at radius 3 is 2.71 bits per heavy atom. The predicted molar refractivity (Wildman–Crippen MR) is 122 cm³/mol. The number of carbonyl (C=O) groups is 1. The molecular weight excluding hydrogens is 388 g/mol. The normalized spacial score (nSPS) is 27.7. The molecule has 2 aliphatic rings. The molecule has 0 aliphatic heterocycles. The van der Waals surface area contributed by atoms with Crippen LogP contribution >= 0.6 is 0 Å². The Balaban J connectivity index is 1.73. The van der Waals surface area contributed by atoms with E-state index in [0.29, 0.717) is 31.1 Å². The molecule has 2 N–H and O–H groups in total. The first-order chi connectivity index (χ1) is 15.0. The van der Waals surface area contributed by atoms with Crippen molar-refractivity contribution in [2.75, 3.05) is 13.2 Å². The van der Waals surface area contributed by atoms with Crippen molar-refractivity contribution in [1.82, 2.24) is 0 Å². The molecule has 0 amide bonds. The van der Waals surface area contributed by atoms with E-state index in [-0.39, 0.29) is 5.41 Å². The van der Waals surface area contributed by atoms with Crippen LogP contribution < -0.4 is 0 Å². The lowest BCUT2D eigenvalue weighted by molar-refractivity contribution is -0.0987. The first-order valence-electron chi connectivity index (χ1n) is 11.7. The Bertz CT molecular complexity index is 909. The maximum Gasteiger partial charge on any atom is 0.335 e. The van der Waals surface area contributed by atoms with Crippen LogP contribution in [0.15, 0.2) is 48.5 Å². The number of ether oxygens (including phenoxy) is 1. The number of aryl methyl sites for hydroxylation is 1. The highest BCUT2D eigenvalue weighted by molar-refractivity contribution is 5.88. The smallest absolute Gasteiger partial charge is 0.335 e. The second-order valence-corrected chi connectivity index (χ2v) is 9.57. The largest absolute Gasteiger partial charge is 0.478 e. The molecule has 3 atom stereocenters. The Labute approximate surface area is 185 Å². The summed E-state index contributed by atoms with van der Waals surface area (Å²) < 4.78 is 5.78. The van der Waals surface area contributed by atoms with Crippen molar-refractivity contribution in [3.8, 4) is 0 Å². The van der Waals surface area contributed by atoms with Crippen LogP contribution in [-0.2, 0) is 23.0 Å². The van der Waals surface area contributed by atoms with Gasteiger partial charge in [0, 0.05) is 12.0 Å². The fourth-order valence-electron chi connectivity index (χ4n) is 5.93. The van der Waals surface area contributed by atoms with Gasteiger partial charge in [-0.15, -0.1) is 0 Å². The monoisotopic (exact) mass is 422 g/mol. The van der Waals surface area contributed by atoms with E-state index in [0.717, 1.165) is 44.9 Å². The minimum atomic E-state index is -0.869. The third-order valence-corrected chi connectivity index (χ3v) is 7.41. The third kappa shape index (κ3) is 4.56. The van der Waals surface area contributed by atoms with Gasteiger partial charge in [0.05, 0.1) is 17.8 Å². The molecule has 4 rings (SSSR count). The van der Waals surface area contributed by atoms with Crippen LogP contribution in [0.5, 0.6) is 0 Å². The SMILES string of the molecule is CCCOC[C@]1(O)CC[C@]2(Cc3ccccc3)c3ccc(C(=O)O)cc3CCC[C@@H]2C1. The number of carboxylic acid groups (broad SMARTS) is 1. The van der Waals surface area contributed by atoms with Crippen LogP contribution in [0.4, 0.5) is 0 Å². The Hall–Kier alpha value is -2.17. The summed E-state index contributed by atoms with van der Waals surface area (Å²) >= 11 is 0. The second-order valence-electron chi connectivity index (χ2n) is 9.57. The van der Waals surface area contributed by atoms with Gasteiger partial charge in [0.2, 0.25) is 0 Å². The van der Waals surface area contributed by atoms with E-state index in [9.17, 15) is 15.0 Å². The quantitative estimate of drug-likeness (QED) is 0.605. The second kappa shape index (κ2) is 9.13. The molecule has 1 saturated carbocycles. The van der Waals surface area contributed by atoms with Gasteiger partial charge in [0.1, 0.15) is 0 Å². The third-order valence-electron chi connectivity index (χ3n) is 7.41. The van der Waals surface area contributed by atoms with Gasteiger partial charge in [-0.25, -0.2) is 4.79 Å². The highest BCUT2D eigenvalue weighted by Crippen LogP contribution is 2.53. The van der Waals surface area contributed by atoms with Crippen molar-refractivity contribution in [3.05, 3.63) is 70.8 Å². The van der Waals surface area contributed by atoms with Gasteiger partial charge >= 0.3 is 5.97 Å². The molecule has 4 nitrogen and oxygen atoms in total. The zero-order chi connectivity index (χ0) is 21.9. The standard InChI is InChI=1S/C27H34O4/c1-2-15-31-19-26(30)13-14-27(17-20-7-4-3-5-8-20)23(18-26)10-6-9-21-16-22(25(28)29)11-12-24(21)27/h3-5,7-8,11-12,16,23,30H,2,6,9-10,13-15,17-19H2,1H3,(H,28,29)/t23-,26+,27-/m1/s1. The van der Waals surface area contributed by atoms with Crippen LogP contribution in [0.2, 0.25) is 0 Å². The lowest BCUT2D eigenvalue weighted by atomic mass is 9.56. The summed E-state index contributed by atoms with van der Waals surface area (Å²) in [4.78, 5) is 11.6. The van der Waals surface area contributed by atoms with E-state index in [1.807, 2.05) is 12.1 Å². The highest BCUT2D eigenvalue weighted by Gasteiger charge is 2.50. The number of aliphatic hydroxyl groups is 1. The van der Waals surface area contributed by atoms with Crippen LogP contribution in [-0.4, -0.2) is 35.0 Å². The van der Waals surface area contributed by atoms with E-state index in [1.165, 1.54) is 16.7 Å². The molecule has 0 radical (unpaired) electrons. The summed E-state index contributed by atoms with van der Waals surface area (Å²) in [6, 6.07) is 16.3. The maximum absolute atomic E-state index is 11.6. The fraction of sp³-hybridized carbons (Fsp3) is 0.519. The molecular formula is C27H34O4. The molecule has 2 aromatic rings. The Morgan fingerprint density at radius 2 is 1.97 bits per heavy atom. The fourth-order valence-corrected chi connectivity index (χ4v) is 5.93. The number of carboxylic acids is 1. The minimum absolute atomic E-state index is 0.0821. The number of benzene rings is 2. The average molecular weight is 423 g/mol. The molecule has 1 fully saturated rings. The van der Waals surface area contributed by atoms with E-state index in [4.69, 9.17) is 4.74 Å². The lowest BCUT2D eigenvalue weighted by Gasteiger charge is -2.50. The van der Waals surface area contributed by atoms with Crippen molar-refractivity contribution < 1.29 is 19.7 Å². The van der Waals surface area contributed by atoms with Gasteiger partial charge in [-0.3, -0.25) is 0 Å². The van der Waals surface area contributed by atoms with Gasteiger partial charge in [0.15, 0.2) is 0 Å². The molecule has 0 bridgehead atoms. The molecule has 31 heavy (non-hydrogen) atoms. The van der Waals surface area contributed by atoms with Crippen molar-refractivity contribution >= 4 is 5.97 Å². The molecule has 0 spiro atoms. The Morgan fingerprint density at radius 1 is 1.16 bits per heavy atom. The van der Waals surface area contributed by atoms with Crippen LogP contribution in [0.1, 0.15) is 72.5 Å². The summed E-state index contributed by atoms with van der Waals surface area (Å²) in [5.41, 5.74) is 3.28. The number of aromatic carboxylic acids is 1. The Kier molecular flexibility index (Phi) is 6.49. The number of hydrogen-bond acceptors (Lipinski definition) is 3. The summed E-state index contributed by atoms with van der Waals surface area (Å²) in [5.74, 6) is -0.527. The van der Waals surface area contributed by atoms with E-state index in [1.54, 1.807) is 6.07 Å². The highest BCUT2D eigenvalue weighted by atomic mass is 16.5. The van der Waals surface area contributed by atoms with Crippen LogP contribution in [0.25, 0.3) is 0 Å². The van der Waals surface area contributed by atoms with Gasteiger partial charge in [-0.05, 0) is 86.1 Å². The van der Waals surface area contributed by atoms with Crippen molar-refractivity contribution in [1.29, 1.82) is 0 Å². The van der Waals surface area contributed by atoms with E-state index in [2.05, 4.69) is 37.3 Å². The van der Waals surface area contributed by atoms with Crippen LogP contribution in [0.3, 0.4) is 0 Å². The summed E-state index contributed by atoms with van der Waals surface area (Å²) in [5, 5.41) is 20.9. The first kappa shape index (κ1) is 22.0. The molecule has 0 unspecified atom stereocenters. The van der Waals surface area contributed by atoms with Gasteiger partial charge in [-0.2, -0.15) is 0 Å². The predicted octanol–water partition coefficient (Wildman–Crippen LogP) is 5.16. The topological polar surface area (TPSA) is 66.8 Å². The molecule has 2 aliphatic carbocycles. The van der Waals surface area contributed by atoms with E-state index >= 15 is 0 Å². The van der Waals surface area contributed by atoms with Crippen molar-refractivity contribution in [2.24, 2.45) is 5.92 Å².